The fourth-order valence-corrected chi connectivity index (χ4v) is 8.27. The number of aliphatic imine (C=N–C) groups is 2. The number of unbranched alkanes of at least 4 members (excludes halogenated alkanes) is 27. The molecule has 0 radical (unpaired) electrons. The molecule has 59 heavy (non-hydrogen) atoms. The van der Waals surface area contributed by atoms with E-state index in [2.05, 4.69) is 89.8 Å². The van der Waals surface area contributed by atoms with Crippen LogP contribution in [0.4, 0.5) is 11.4 Å². The Kier molecular flexibility index (Phi) is 36.0. The van der Waals surface area contributed by atoms with Gasteiger partial charge in [-0.1, -0.05) is 213 Å². The van der Waals surface area contributed by atoms with Gasteiger partial charge in [-0.2, -0.15) is 0 Å². The Labute approximate surface area is 377 Å². The molecule has 3 heteroatoms. The summed E-state index contributed by atoms with van der Waals surface area (Å²) in [7, 11) is 0. The smallest absolute Gasteiger partial charge is 0.135 e. The van der Waals surface area contributed by atoms with E-state index in [0.717, 1.165) is 54.9 Å². The number of benzene rings is 2. The zero-order valence-corrected chi connectivity index (χ0v) is 40.7. The van der Waals surface area contributed by atoms with E-state index in [-0.39, 0.29) is 16.5 Å². The molecule has 0 saturated carbocycles. The van der Waals surface area contributed by atoms with Crippen LogP contribution in [-0.4, -0.2) is 11.4 Å². The van der Waals surface area contributed by atoms with Crippen molar-refractivity contribution in [1.29, 1.82) is 0 Å². The van der Waals surface area contributed by atoms with Crippen molar-refractivity contribution < 1.29 is 16.5 Å². The van der Waals surface area contributed by atoms with Gasteiger partial charge in [0.05, 0.1) is 17.1 Å². The van der Waals surface area contributed by atoms with E-state index < -0.39 is 0 Å². The summed E-state index contributed by atoms with van der Waals surface area (Å²) in [5, 5.41) is 0. The molecule has 2 aromatic rings. The zero-order chi connectivity index (χ0) is 41.7. The third-order valence-corrected chi connectivity index (χ3v) is 11.9. The van der Waals surface area contributed by atoms with E-state index in [4.69, 9.17) is 9.98 Å². The molecule has 0 heterocycles. The maximum absolute atomic E-state index is 5.31. The van der Waals surface area contributed by atoms with Gasteiger partial charge in [0.15, 0.2) is 0 Å². The summed E-state index contributed by atoms with van der Waals surface area (Å²) in [5.41, 5.74) is 9.42. The Morgan fingerprint density at radius 3 is 1.32 bits per heavy atom. The molecule has 2 rings (SSSR count). The van der Waals surface area contributed by atoms with Crippen molar-refractivity contribution in [3.8, 4) is 11.8 Å². The predicted molar refractivity (Wildman–Crippen MR) is 262 cm³/mol. The summed E-state index contributed by atoms with van der Waals surface area (Å²) < 4.78 is 0. The number of hydrogen-bond acceptors (Lipinski definition) is 2. The molecule has 0 amide bonds. The van der Waals surface area contributed by atoms with E-state index in [1.165, 1.54) is 208 Å². The van der Waals surface area contributed by atoms with Gasteiger partial charge in [0.1, 0.15) is 5.71 Å². The van der Waals surface area contributed by atoms with Crippen LogP contribution in [0.15, 0.2) is 46.4 Å². The Morgan fingerprint density at radius 1 is 0.424 bits per heavy atom. The van der Waals surface area contributed by atoms with Crippen LogP contribution in [0.1, 0.15) is 255 Å². The standard InChI is InChI=1S/C56H92N2.Ni/c1-7-11-15-16-17-18-19-20-21-22-23-24-25-26-27-28-29-30-31-32-33-34-35-36-38-42-55(56(41-37-12-8-2)58-54-46-49(5)45-50(6)47-54)57-53-44-43-51(39-13-9-3)52(48-53)40-14-10-4;/h43-48H,7-37,39-41H2,1-6H3;/b57-55-,58-56+;. The second-order valence-electron chi connectivity index (χ2n) is 17.8. The van der Waals surface area contributed by atoms with Gasteiger partial charge in [0, 0.05) is 22.9 Å². The Morgan fingerprint density at radius 2 is 0.847 bits per heavy atom. The fourth-order valence-electron chi connectivity index (χ4n) is 8.27. The van der Waals surface area contributed by atoms with Crippen molar-refractivity contribution in [1.82, 2.24) is 0 Å². The first-order valence-corrected chi connectivity index (χ1v) is 25.4. The van der Waals surface area contributed by atoms with Gasteiger partial charge in [-0.05, 0) is 111 Å². The topological polar surface area (TPSA) is 24.7 Å². The van der Waals surface area contributed by atoms with Crippen LogP contribution in [0.3, 0.4) is 0 Å². The molecule has 0 saturated heterocycles. The van der Waals surface area contributed by atoms with Gasteiger partial charge in [-0.25, -0.2) is 4.99 Å². The molecule has 0 aliphatic rings. The van der Waals surface area contributed by atoms with Crippen LogP contribution >= 0.6 is 0 Å². The summed E-state index contributed by atoms with van der Waals surface area (Å²) >= 11 is 0. The quantitative estimate of drug-likeness (QED) is 0.0282. The maximum Gasteiger partial charge on any atom is 0.135 e. The molecule has 0 bridgehead atoms. The molecule has 0 aromatic heterocycles. The van der Waals surface area contributed by atoms with Crippen molar-refractivity contribution in [2.75, 3.05) is 0 Å². The predicted octanol–water partition coefficient (Wildman–Crippen LogP) is 18.8. The molecule has 0 fully saturated rings. The minimum Gasteiger partial charge on any atom is -0.250 e. The molecule has 2 aromatic carbocycles. The third-order valence-electron chi connectivity index (χ3n) is 11.9. The van der Waals surface area contributed by atoms with Crippen LogP contribution in [0, 0.1) is 25.7 Å². The van der Waals surface area contributed by atoms with Gasteiger partial charge >= 0.3 is 0 Å². The SMILES string of the molecule is CCCCCCCCCCCCCCCCCCCCCCCCCC#CC(=N/c1ccc(CCCC)c(CCCC)c1)/C(CCCCC)=N/c1cc(C)cc(C)c1.[Ni]. The van der Waals surface area contributed by atoms with Gasteiger partial charge in [-0.3, -0.25) is 4.99 Å². The Balaban J connectivity index is 0.0000174. The van der Waals surface area contributed by atoms with E-state index in [0.29, 0.717) is 0 Å². The molecule has 0 aliphatic carbocycles. The molecular formula is C56H92N2Ni. The number of aryl methyl sites for hydroxylation is 4. The minimum absolute atomic E-state index is 0. The fraction of sp³-hybridized carbons (Fsp3) is 0.714. The number of hydrogen-bond donors (Lipinski definition) is 0. The van der Waals surface area contributed by atoms with Crippen molar-refractivity contribution in [2.45, 2.75) is 260 Å². The van der Waals surface area contributed by atoms with Gasteiger partial charge in [0.2, 0.25) is 0 Å². The van der Waals surface area contributed by atoms with Crippen molar-refractivity contribution >= 4 is 22.8 Å². The van der Waals surface area contributed by atoms with Crippen LogP contribution in [0.2, 0.25) is 0 Å². The van der Waals surface area contributed by atoms with E-state index in [1.807, 2.05) is 0 Å². The average molecular weight is 852 g/mol. The number of rotatable bonds is 36. The van der Waals surface area contributed by atoms with Crippen LogP contribution in [-0.2, 0) is 29.3 Å². The monoisotopic (exact) mass is 851 g/mol. The molecular weight excluding hydrogens is 759 g/mol. The van der Waals surface area contributed by atoms with Crippen LogP contribution in [0.25, 0.3) is 0 Å². The molecule has 0 spiro atoms. The van der Waals surface area contributed by atoms with Crippen molar-refractivity contribution in [2.24, 2.45) is 9.98 Å². The first kappa shape index (κ1) is 54.9. The molecule has 2 nitrogen and oxygen atoms in total. The second-order valence-corrected chi connectivity index (χ2v) is 17.8. The van der Waals surface area contributed by atoms with Crippen molar-refractivity contribution in [3.63, 3.8) is 0 Å². The van der Waals surface area contributed by atoms with E-state index in [9.17, 15) is 0 Å². The van der Waals surface area contributed by atoms with Gasteiger partial charge in [-0.15, -0.1) is 0 Å². The molecule has 0 unspecified atom stereocenters. The molecule has 0 aliphatic heterocycles. The minimum atomic E-state index is 0. The normalized spacial score (nSPS) is 11.8. The molecule has 0 N–H and O–H groups in total. The second kappa shape index (κ2) is 38.7. The largest absolute Gasteiger partial charge is 0.250 e. The summed E-state index contributed by atoms with van der Waals surface area (Å²) in [5.74, 6) is 7.17. The van der Waals surface area contributed by atoms with Gasteiger partial charge < -0.3 is 0 Å². The third kappa shape index (κ3) is 28.9. The van der Waals surface area contributed by atoms with E-state index >= 15 is 0 Å². The summed E-state index contributed by atoms with van der Waals surface area (Å²) in [6, 6.07) is 13.5. The average Bonchev–Trinajstić information content (AvgIpc) is 3.21. The first-order valence-electron chi connectivity index (χ1n) is 25.4. The van der Waals surface area contributed by atoms with E-state index in [1.54, 1.807) is 0 Å². The zero-order valence-electron chi connectivity index (χ0n) is 39.7. The van der Waals surface area contributed by atoms with Gasteiger partial charge in [0.25, 0.3) is 0 Å². The molecule has 0 atom stereocenters. The first-order chi connectivity index (χ1) is 28.5. The summed E-state index contributed by atoms with van der Waals surface area (Å²) in [6.45, 7) is 13.5. The van der Waals surface area contributed by atoms with Crippen molar-refractivity contribution in [3.05, 3.63) is 58.7 Å². The summed E-state index contributed by atoms with van der Waals surface area (Å²) in [4.78, 5) is 10.6. The van der Waals surface area contributed by atoms with Crippen LogP contribution < -0.4 is 0 Å². The maximum atomic E-state index is 5.31. The number of nitrogens with zero attached hydrogens (tertiary/aromatic N) is 2. The Hall–Kier alpha value is -2.17. The Bertz CT molecular complexity index is 1400. The summed E-state index contributed by atoms with van der Waals surface area (Å²) in [6.07, 6.45) is 45.1. The van der Waals surface area contributed by atoms with Crippen LogP contribution in [0.5, 0.6) is 0 Å². The molecule has 336 valence electrons.